The molecule has 6 heteroatoms. The van der Waals surface area contributed by atoms with Crippen LogP contribution in [0.1, 0.15) is 21.6 Å². The van der Waals surface area contributed by atoms with E-state index in [1.807, 2.05) is 41.2 Å². The highest BCUT2D eigenvalue weighted by atomic mass is 16.5. The van der Waals surface area contributed by atoms with E-state index in [4.69, 9.17) is 9.84 Å². The summed E-state index contributed by atoms with van der Waals surface area (Å²) in [6, 6.07) is 11.4. The summed E-state index contributed by atoms with van der Waals surface area (Å²) in [4.78, 5) is 18.7. The smallest absolute Gasteiger partial charge is 0.340 e. The fraction of sp³-hybridized carbons (Fsp3) is 0.250. The molecule has 0 saturated carbocycles. The van der Waals surface area contributed by atoms with Crippen LogP contribution in [0.25, 0.3) is 16.9 Å². The van der Waals surface area contributed by atoms with Crippen molar-refractivity contribution in [1.29, 1.82) is 0 Å². The predicted molar refractivity (Wildman–Crippen MR) is 98.2 cm³/mol. The molecule has 1 aliphatic heterocycles. The van der Waals surface area contributed by atoms with Crippen molar-refractivity contribution in [3.8, 4) is 16.9 Å². The van der Waals surface area contributed by atoms with Crippen LogP contribution in [0.5, 0.6) is 0 Å². The average molecular weight is 348 g/mol. The molecule has 3 heterocycles. The van der Waals surface area contributed by atoms with E-state index in [9.17, 15) is 4.79 Å². The van der Waals surface area contributed by atoms with Crippen LogP contribution in [0.2, 0.25) is 0 Å². The summed E-state index contributed by atoms with van der Waals surface area (Å²) in [6.07, 6.45) is 4.45. The molecule has 0 spiro atoms. The van der Waals surface area contributed by atoms with Gasteiger partial charge in [-0.2, -0.15) is 5.10 Å². The third-order valence-corrected chi connectivity index (χ3v) is 4.72. The summed E-state index contributed by atoms with van der Waals surface area (Å²) in [5.41, 5.74) is 5.48. The maximum atomic E-state index is 12.2. The number of aromatic nitrogens is 3. The summed E-state index contributed by atoms with van der Waals surface area (Å²) in [5, 5.41) is 4.89. The SMILES string of the molecule is COC(=O)c1ccccc1-n1nc(-c2cccnc2)c2c1CCN(C)C2. The van der Waals surface area contributed by atoms with E-state index in [0.717, 1.165) is 42.1 Å². The van der Waals surface area contributed by atoms with Gasteiger partial charge in [0.2, 0.25) is 0 Å². The van der Waals surface area contributed by atoms with Crippen LogP contribution in [-0.4, -0.2) is 46.3 Å². The van der Waals surface area contributed by atoms with Crippen molar-refractivity contribution in [3.05, 3.63) is 65.6 Å². The van der Waals surface area contributed by atoms with Crippen molar-refractivity contribution in [1.82, 2.24) is 19.7 Å². The van der Waals surface area contributed by atoms with Gasteiger partial charge in [0, 0.05) is 43.0 Å². The van der Waals surface area contributed by atoms with Gasteiger partial charge in [0.05, 0.1) is 29.7 Å². The highest BCUT2D eigenvalue weighted by molar-refractivity contribution is 5.93. The third-order valence-electron chi connectivity index (χ3n) is 4.72. The molecule has 0 saturated heterocycles. The Bertz CT molecular complexity index is 950. The maximum absolute atomic E-state index is 12.2. The van der Waals surface area contributed by atoms with E-state index in [-0.39, 0.29) is 5.97 Å². The number of esters is 1. The predicted octanol–water partition coefficient (Wildman–Crippen LogP) is 2.71. The van der Waals surface area contributed by atoms with Gasteiger partial charge in [0.15, 0.2) is 0 Å². The highest BCUT2D eigenvalue weighted by Crippen LogP contribution is 2.31. The number of methoxy groups -OCH3 is 1. The van der Waals surface area contributed by atoms with Gasteiger partial charge in [-0.1, -0.05) is 12.1 Å². The lowest BCUT2D eigenvalue weighted by molar-refractivity contribution is 0.0600. The number of pyridine rings is 1. The van der Waals surface area contributed by atoms with E-state index in [0.29, 0.717) is 5.56 Å². The number of nitrogens with zero attached hydrogens (tertiary/aromatic N) is 4. The molecule has 26 heavy (non-hydrogen) atoms. The number of hydrogen-bond acceptors (Lipinski definition) is 5. The Kier molecular flexibility index (Phi) is 4.26. The summed E-state index contributed by atoms with van der Waals surface area (Å²) in [7, 11) is 3.50. The Balaban J connectivity index is 1.93. The molecule has 1 aromatic carbocycles. The third kappa shape index (κ3) is 2.78. The number of carbonyl (C=O) groups is 1. The lowest BCUT2D eigenvalue weighted by Gasteiger charge is -2.24. The first-order valence-electron chi connectivity index (χ1n) is 8.56. The summed E-state index contributed by atoms with van der Waals surface area (Å²) in [6.45, 7) is 1.77. The minimum absolute atomic E-state index is 0.360. The quantitative estimate of drug-likeness (QED) is 0.681. The van der Waals surface area contributed by atoms with Crippen LogP contribution < -0.4 is 0 Å². The second-order valence-electron chi connectivity index (χ2n) is 6.42. The zero-order valence-electron chi connectivity index (χ0n) is 14.8. The molecule has 0 aliphatic carbocycles. The van der Waals surface area contributed by atoms with Crippen molar-refractivity contribution in [3.63, 3.8) is 0 Å². The lowest BCUT2D eigenvalue weighted by Crippen LogP contribution is -2.27. The van der Waals surface area contributed by atoms with E-state index in [1.54, 1.807) is 12.3 Å². The molecule has 4 rings (SSSR count). The number of hydrogen-bond donors (Lipinski definition) is 0. The number of benzene rings is 1. The second kappa shape index (κ2) is 6.72. The second-order valence-corrected chi connectivity index (χ2v) is 6.42. The highest BCUT2D eigenvalue weighted by Gasteiger charge is 2.26. The molecule has 0 unspecified atom stereocenters. The fourth-order valence-corrected chi connectivity index (χ4v) is 3.43. The van der Waals surface area contributed by atoms with Crippen LogP contribution in [0.3, 0.4) is 0 Å². The van der Waals surface area contributed by atoms with Crippen LogP contribution in [0.4, 0.5) is 0 Å². The Morgan fingerprint density at radius 2 is 2.04 bits per heavy atom. The largest absolute Gasteiger partial charge is 0.465 e. The minimum Gasteiger partial charge on any atom is -0.465 e. The molecule has 0 atom stereocenters. The van der Waals surface area contributed by atoms with Gasteiger partial charge in [-0.05, 0) is 31.3 Å². The van der Waals surface area contributed by atoms with Gasteiger partial charge in [0.25, 0.3) is 0 Å². The first-order chi connectivity index (χ1) is 12.7. The first-order valence-corrected chi connectivity index (χ1v) is 8.56. The zero-order chi connectivity index (χ0) is 18.1. The van der Waals surface area contributed by atoms with Gasteiger partial charge < -0.3 is 9.64 Å². The summed E-state index contributed by atoms with van der Waals surface area (Å²) >= 11 is 0. The summed E-state index contributed by atoms with van der Waals surface area (Å²) in [5.74, 6) is -0.360. The molecule has 3 aromatic rings. The topological polar surface area (TPSA) is 60.3 Å². The van der Waals surface area contributed by atoms with Crippen LogP contribution in [-0.2, 0) is 17.7 Å². The van der Waals surface area contributed by atoms with E-state index >= 15 is 0 Å². The fourth-order valence-electron chi connectivity index (χ4n) is 3.43. The number of likely N-dealkylation sites (N-methyl/N-ethyl adjacent to an activating group) is 1. The molecule has 2 aromatic heterocycles. The minimum atomic E-state index is -0.360. The van der Waals surface area contributed by atoms with Crippen molar-refractivity contribution < 1.29 is 9.53 Å². The molecule has 0 N–H and O–H groups in total. The molecule has 0 bridgehead atoms. The maximum Gasteiger partial charge on any atom is 0.340 e. The van der Waals surface area contributed by atoms with E-state index < -0.39 is 0 Å². The van der Waals surface area contributed by atoms with Crippen molar-refractivity contribution in [2.75, 3.05) is 20.7 Å². The molecular formula is C20H20N4O2. The van der Waals surface area contributed by atoms with Gasteiger partial charge >= 0.3 is 5.97 Å². The Morgan fingerprint density at radius 1 is 1.19 bits per heavy atom. The van der Waals surface area contributed by atoms with Crippen molar-refractivity contribution in [2.24, 2.45) is 0 Å². The standard InChI is InChI=1S/C20H20N4O2/c1-23-11-9-18-16(13-23)19(14-6-5-10-21-12-14)22-24(18)17-8-4-3-7-15(17)20(25)26-2/h3-8,10,12H,9,11,13H2,1-2H3. The Hall–Kier alpha value is -2.99. The number of para-hydroxylation sites is 1. The zero-order valence-corrected chi connectivity index (χ0v) is 14.8. The number of ether oxygens (including phenoxy) is 1. The van der Waals surface area contributed by atoms with Gasteiger partial charge in [0.1, 0.15) is 0 Å². The number of rotatable bonds is 3. The van der Waals surface area contributed by atoms with Gasteiger partial charge in [-0.15, -0.1) is 0 Å². The van der Waals surface area contributed by atoms with Crippen molar-refractivity contribution >= 4 is 5.97 Å². The monoisotopic (exact) mass is 348 g/mol. The number of fused-ring (bicyclic) bond motifs is 1. The molecule has 1 aliphatic rings. The molecule has 0 radical (unpaired) electrons. The van der Waals surface area contributed by atoms with Gasteiger partial charge in [-0.3, -0.25) is 4.98 Å². The van der Waals surface area contributed by atoms with Crippen LogP contribution >= 0.6 is 0 Å². The van der Waals surface area contributed by atoms with Crippen LogP contribution in [0, 0.1) is 0 Å². The van der Waals surface area contributed by atoms with Crippen LogP contribution in [0.15, 0.2) is 48.8 Å². The molecule has 132 valence electrons. The van der Waals surface area contributed by atoms with Crippen molar-refractivity contribution in [2.45, 2.75) is 13.0 Å². The average Bonchev–Trinajstić information content (AvgIpc) is 3.06. The molecular weight excluding hydrogens is 328 g/mol. The summed E-state index contributed by atoms with van der Waals surface area (Å²) < 4.78 is 6.85. The molecule has 6 nitrogen and oxygen atoms in total. The molecule has 0 amide bonds. The Morgan fingerprint density at radius 3 is 2.81 bits per heavy atom. The molecule has 0 fully saturated rings. The van der Waals surface area contributed by atoms with E-state index in [2.05, 4.69) is 16.9 Å². The Labute approximate surface area is 152 Å². The van der Waals surface area contributed by atoms with Gasteiger partial charge in [-0.25, -0.2) is 9.48 Å². The normalized spacial score (nSPS) is 14.1. The van der Waals surface area contributed by atoms with E-state index in [1.165, 1.54) is 12.7 Å². The first kappa shape index (κ1) is 16.5. The lowest BCUT2D eigenvalue weighted by atomic mass is 10.0. The number of carbonyl (C=O) groups excluding carboxylic acids is 1.